The van der Waals surface area contributed by atoms with E-state index in [2.05, 4.69) is 14.9 Å². The molecule has 3 aliphatic heterocycles. The second-order valence-electron chi connectivity index (χ2n) is 7.10. The van der Waals surface area contributed by atoms with Crippen LogP contribution in [-0.2, 0) is 6.54 Å². The first-order chi connectivity index (χ1) is 10.3. The molecule has 3 saturated heterocycles. The van der Waals surface area contributed by atoms with Crippen LogP contribution in [0, 0.1) is 11.8 Å². The Kier molecular flexibility index (Phi) is 3.94. The molecule has 1 aromatic rings. The number of rotatable bonds is 3. The van der Waals surface area contributed by atoms with Gasteiger partial charge in [0.25, 0.3) is 0 Å². The summed E-state index contributed by atoms with van der Waals surface area (Å²) in [7, 11) is 0. The highest BCUT2D eigenvalue weighted by Gasteiger charge is 2.41. The first-order valence-electron chi connectivity index (χ1n) is 8.42. The highest BCUT2D eigenvalue weighted by atomic mass is 35.5. The van der Waals surface area contributed by atoms with Crippen molar-refractivity contribution in [3.63, 3.8) is 0 Å². The molecular formula is C16H25ClN4. The van der Waals surface area contributed by atoms with E-state index in [4.69, 9.17) is 11.6 Å². The van der Waals surface area contributed by atoms with E-state index in [0.717, 1.165) is 36.0 Å². The molecule has 0 saturated carbocycles. The van der Waals surface area contributed by atoms with Crippen LogP contribution in [0.4, 0.5) is 0 Å². The molecule has 5 heteroatoms. The van der Waals surface area contributed by atoms with Crippen molar-refractivity contribution < 1.29 is 0 Å². The van der Waals surface area contributed by atoms with Gasteiger partial charge < -0.3 is 4.90 Å². The zero-order chi connectivity index (χ0) is 14.2. The lowest BCUT2D eigenvalue weighted by molar-refractivity contribution is -0.0310. The van der Waals surface area contributed by atoms with E-state index in [1.165, 1.54) is 51.9 Å². The molecule has 0 aromatic carbocycles. The van der Waals surface area contributed by atoms with Crippen molar-refractivity contribution in [2.75, 3.05) is 32.7 Å². The molecule has 2 bridgehead atoms. The molecule has 116 valence electrons. The first-order valence-corrected chi connectivity index (χ1v) is 8.80. The number of fused-ring (bicyclic) bond motifs is 4. The maximum atomic E-state index is 5.93. The van der Waals surface area contributed by atoms with Gasteiger partial charge in [-0.05, 0) is 37.6 Å². The van der Waals surface area contributed by atoms with Crippen LogP contribution in [0.3, 0.4) is 0 Å². The second-order valence-corrected chi connectivity index (χ2v) is 7.54. The van der Waals surface area contributed by atoms with Crippen LogP contribution in [0.15, 0.2) is 12.4 Å². The largest absolute Gasteiger partial charge is 0.301 e. The Bertz CT molecular complexity index is 488. The van der Waals surface area contributed by atoms with Crippen LogP contribution in [-0.4, -0.2) is 58.3 Å². The van der Waals surface area contributed by atoms with Gasteiger partial charge in [0, 0.05) is 38.4 Å². The van der Waals surface area contributed by atoms with Gasteiger partial charge in [0.2, 0.25) is 0 Å². The molecule has 4 rings (SSSR count). The van der Waals surface area contributed by atoms with Crippen LogP contribution in [0.5, 0.6) is 0 Å². The van der Waals surface area contributed by atoms with Gasteiger partial charge in [-0.2, -0.15) is 5.10 Å². The fraction of sp³-hybridized carbons (Fsp3) is 0.812. The number of hydrogen-bond acceptors (Lipinski definition) is 3. The van der Waals surface area contributed by atoms with Crippen molar-refractivity contribution in [2.45, 2.75) is 38.3 Å². The predicted molar refractivity (Wildman–Crippen MR) is 84.5 cm³/mol. The Morgan fingerprint density at radius 1 is 1.19 bits per heavy atom. The van der Waals surface area contributed by atoms with E-state index in [1.807, 2.05) is 10.9 Å². The van der Waals surface area contributed by atoms with E-state index in [1.54, 1.807) is 6.20 Å². The van der Waals surface area contributed by atoms with Crippen LogP contribution in [0.1, 0.15) is 25.7 Å². The van der Waals surface area contributed by atoms with Crippen LogP contribution in [0.25, 0.3) is 0 Å². The minimum atomic E-state index is 0.739. The average Bonchev–Trinajstić information content (AvgIpc) is 2.91. The van der Waals surface area contributed by atoms with E-state index in [-0.39, 0.29) is 0 Å². The van der Waals surface area contributed by atoms with E-state index >= 15 is 0 Å². The highest BCUT2D eigenvalue weighted by molar-refractivity contribution is 6.30. The van der Waals surface area contributed by atoms with Gasteiger partial charge in [0.1, 0.15) is 0 Å². The standard InChI is InChI=1S/C16H25ClN4/c17-15-8-18-21(12-15)6-5-19-9-13-7-14(11-19)16-3-1-2-4-20(16)10-13/h8,12-14,16H,1-7,9-11H2/t13-,14+,16-/m0/s1. The number of aromatic nitrogens is 2. The van der Waals surface area contributed by atoms with Gasteiger partial charge in [-0.1, -0.05) is 18.0 Å². The van der Waals surface area contributed by atoms with Crippen molar-refractivity contribution in [3.8, 4) is 0 Å². The lowest BCUT2D eigenvalue weighted by Crippen LogP contribution is -2.59. The van der Waals surface area contributed by atoms with Gasteiger partial charge in [-0.3, -0.25) is 9.58 Å². The monoisotopic (exact) mass is 308 g/mol. The van der Waals surface area contributed by atoms with Crippen molar-refractivity contribution in [2.24, 2.45) is 11.8 Å². The summed E-state index contributed by atoms with van der Waals surface area (Å²) >= 11 is 5.93. The summed E-state index contributed by atoms with van der Waals surface area (Å²) in [4.78, 5) is 5.47. The minimum Gasteiger partial charge on any atom is -0.301 e. The highest BCUT2D eigenvalue weighted by Crippen LogP contribution is 2.37. The molecule has 3 atom stereocenters. The number of hydrogen-bond donors (Lipinski definition) is 0. The van der Waals surface area contributed by atoms with Crippen molar-refractivity contribution in [1.29, 1.82) is 0 Å². The molecule has 0 aliphatic carbocycles. The molecule has 0 unspecified atom stereocenters. The quantitative estimate of drug-likeness (QED) is 0.856. The molecule has 4 heterocycles. The van der Waals surface area contributed by atoms with Crippen LogP contribution < -0.4 is 0 Å². The van der Waals surface area contributed by atoms with E-state index < -0.39 is 0 Å². The molecule has 1 aromatic heterocycles. The summed E-state index contributed by atoms with van der Waals surface area (Å²) < 4.78 is 1.97. The normalized spacial score (nSPS) is 33.9. The first kappa shape index (κ1) is 14.0. The summed E-state index contributed by atoms with van der Waals surface area (Å²) in [6.45, 7) is 7.31. The molecule has 3 aliphatic rings. The molecule has 3 fully saturated rings. The van der Waals surface area contributed by atoms with E-state index in [0.29, 0.717) is 0 Å². The summed E-state index contributed by atoms with van der Waals surface area (Å²) in [5, 5.41) is 5.03. The molecule has 0 N–H and O–H groups in total. The third kappa shape index (κ3) is 2.99. The minimum absolute atomic E-state index is 0.739. The topological polar surface area (TPSA) is 24.3 Å². The maximum Gasteiger partial charge on any atom is 0.0785 e. The van der Waals surface area contributed by atoms with Gasteiger partial charge in [0.15, 0.2) is 0 Å². The molecular weight excluding hydrogens is 284 g/mol. The second kappa shape index (κ2) is 5.90. The number of halogens is 1. The summed E-state index contributed by atoms with van der Waals surface area (Å²) in [6, 6.07) is 0.872. The third-order valence-electron chi connectivity index (χ3n) is 5.59. The predicted octanol–water partition coefficient (Wildman–Crippen LogP) is 2.34. The smallest absolute Gasteiger partial charge is 0.0785 e. The van der Waals surface area contributed by atoms with Gasteiger partial charge >= 0.3 is 0 Å². The molecule has 21 heavy (non-hydrogen) atoms. The Morgan fingerprint density at radius 3 is 3.00 bits per heavy atom. The molecule has 0 spiro atoms. The maximum absolute atomic E-state index is 5.93. The van der Waals surface area contributed by atoms with Crippen molar-refractivity contribution >= 4 is 11.6 Å². The van der Waals surface area contributed by atoms with Crippen molar-refractivity contribution in [1.82, 2.24) is 19.6 Å². The fourth-order valence-electron chi connectivity index (χ4n) is 4.76. The van der Waals surface area contributed by atoms with Gasteiger partial charge in [-0.15, -0.1) is 0 Å². The number of piperidine rings is 3. The Balaban J connectivity index is 1.36. The van der Waals surface area contributed by atoms with Crippen LogP contribution in [0.2, 0.25) is 5.02 Å². The lowest BCUT2D eigenvalue weighted by Gasteiger charge is -2.52. The average molecular weight is 309 g/mol. The zero-order valence-electron chi connectivity index (χ0n) is 12.6. The van der Waals surface area contributed by atoms with Gasteiger partial charge in [-0.25, -0.2) is 0 Å². The summed E-state index contributed by atoms with van der Waals surface area (Å²) in [5.74, 6) is 1.79. The molecule has 0 amide bonds. The molecule has 4 nitrogen and oxygen atoms in total. The Hall–Kier alpha value is -0.580. The zero-order valence-corrected chi connectivity index (χ0v) is 13.4. The van der Waals surface area contributed by atoms with Gasteiger partial charge in [0.05, 0.1) is 17.8 Å². The number of nitrogens with zero attached hydrogens (tertiary/aromatic N) is 4. The SMILES string of the molecule is Clc1cnn(CCN2C[C@@H]3C[C@H](C2)[C@@H]2CCCCN2C3)c1. The van der Waals surface area contributed by atoms with Crippen molar-refractivity contribution in [3.05, 3.63) is 17.4 Å². The summed E-state index contributed by atoms with van der Waals surface area (Å²) in [6.07, 6.45) is 9.40. The Morgan fingerprint density at radius 2 is 2.14 bits per heavy atom. The molecule has 0 radical (unpaired) electrons. The number of likely N-dealkylation sites (tertiary alicyclic amines) is 1. The third-order valence-corrected chi connectivity index (χ3v) is 5.79. The van der Waals surface area contributed by atoms with Crippen LogP contribution >= 0.6 is 11.6 Å². The fourth-order valence-corrected chi connectivity index (χ4v) is 4.91. The van der Waals surface area contributed by atoms with E-state index in [9.17, 15) is 0 Å². The summed E-state index contributed by atoms with van der Waals surface area (Å²) in [5.41, 5.74) is 0. The Labute approximate surface area is 132 Å². The lowest BCUT2D eigenvalue weighted by atomic mass is 9.76.